The molecule has 4 rings (SSSR count). The van der Waals surface area contributed by atoms with Crippen LogP contribution in [0.25, 0.3) is 10.9 Å². The second kappa shape index (κ2) is 13.4. The van der Waals surface area contributed by atoms with Gasteiger partial charge in [0.15, 0.2) is 9.84 Å². The number of nitrogens with two attached hydrogens (primary N) is 1. The first-order chi connectivity index (χ1) is 21.4. The Hall–Kier alpha value is -3.96. The molecule has 14 heteroatoms. The highest BCUT2D eigenvalue weighted by atomic mass is 32.2. The Kier molecular flexibility index (Phi) is 10.2. The number of ether oxygens (including phenoxy) is 2. The maximum atomic E-state index is 14.8. The fraction of sp³-hybridized carbons (Fsp3) is 0.469. The number of nitrogens with one attached hydrogen (secondary N) is 1. The van der Waals surface area contributed by atoms with E-state index in [9.17, 15) is 30.8 Å². The van der Waals surface area contributed by atoms with Gasteiger partial charge in [-0.15, -0.1) is 0 Å². The molecule has 1 aliphatic carbocycles. The molecule has 46 heavy (non-hydrogen) atoms. The van der Waals surface area contributed by atoms with E-state index in [0.29, 0.717) is 23.9 Å². The summed E-state index contributed by atoms with van der Waals surface area (Å²) in [6, 6.07) is 9.44. The third kappa shape index (κ3) is 8.64. The van der Waals surface area contributed by atoms with Crippen LogP contribution in [0.5, 0.6) is 5.75 Å². The Morgan fingerprint density at radius 2 is 1.87 bits per heavy atom. The molecule has 3 atom stereocenters. The van der Waals surface area contributed by atoms with Crippen LogP contribution in [0.4, 0.5) is 33.7 Å². The van der Waals surface area contributed by atoms with Crippen LogP contribution in [0.3, 0.4) is 0 Å². The number of anilines is 2. The lowest BCUT2D eigenvalue weighted by molar-refractivity contribution is -0.140. The van der Waals surface area contributed by atoms with Crippen molar-refractivity contribution in [1.82, 2.24) is 4.57 Å². The van der Waals surface area contributed by atoms with Crippen molar-refractivity contribution in [3.63, 3.8) is 0 Å². The van der Waals surface area contributed by atoms with Crippen molar-refractivity contribution in [2.45, 2.75) is 81.5 Å². The lowest BCUT2D eigenvalue weighted by Gasteiger charge is -2.31. The molecule has 250 valence electrons. The number of alkyl halides is 4. The number of hydrogen-bond acceptors (Lipinski definition) is 7. The van der Waals surface area contributed by atoms with Crippen LogP contribution in [0.1, 0.15) is 45.7 Å². The standard InChI is InChI=1S/C32H38F4N4O5S/c1-31(2,3)45-30(41)39(28-14-12-22(46(5,42)43)18-29(28)44-4)15-7-8-21-17-23-25(38-26-13-11-20(37)16-24(26)33)9-6-10-27(23)40(21)19-32(34,35)36/h6,9-10,12,14,17-18,20,24,26,38H,11,13,15-16,19,37H2,1-5H3. The Balaban J connectivity index is 1.75. The van der Waals surface area contributed by atoms with Gasteiger partial charge in [0.25, 0.3) is 0 Å². The molecule has 9 nitrogen and oxygen atoms in total. The van der Waals surface area contributed by atoms with Crippen LogP contribution in [-0.4, -0.2) is 69.0 Å². The Morgan fingerprint density at radius 3 is 2.48 bits per heavy atom. The summed E-state index contributed by atoms with van der Waals surface area (Å²) in [6.45, 7) is 3.31. The second-order valence-electron chi connectivity index (χ2n) is 12.3. The van der Waals surface area contributed by atoms with Crippen LogP contribution in [0, 0.1) is 11.8 Å². The third-order valence-electron chi connectivity index (χ3n) is 7.37. The highest BCUT2D eigenvalue weighted by Gasteiger charge is 2.32. The number of benzene rings is 2. The van der Waals surface area contributed by atoms with E-state index < -0.39 is 46.5 Å². The van der Waals surface area contributed by atoms with E-state index in [1.807, 2.05) is 0 Å². The summed E-state index contributed by atoms with van der Waals surface area (Å²) in [4.78, 5) is 14.4. The fourth-order valence-corrected chi connectivity index (χ4v) is 5.89. The predicted octanol–water partition coefficient (Wildman–Crippen LogP) is 6.04. The van der Waals surface area contributed by atoms with Gasteiger partial charge in [-0.1, -0.05) is 12.0 Å². The highest BCUT2D eigenvalue weighted by Crippen LogP contribution is 2.34. The van der Waals surface area contributed by atoms with E-state index in [-0.39, 0.29) is 46.6 Å². The van der Waals surface area contributed by atoms with Gasteiger partial charge in [-0.3, -0.25) is 4.90 Å². The van der Waals surface area contributed by atoms with E-state index in [4.69, 9.17) is 15.2 Å². The lowest BCUT2D eigenvalue weighted by atomic mass is 9.90. The van der Waals surface area contributed by atoms with Gasteiger partial charge in [0.1, 0.15) is 24.1 Å². The molecule has 3 N–H and O–H groups in total. The molecule has 0 spiro atoms. The first-order valence-electron chi connectivity index (χ1n) is 14.6. The summed E-state index contributed by atoms with van der Waals surface area (Å²) in [6.07, 6.45) is -4.30. The van der Waals surface area contributed by atoms with Crippen molar-refractivity contribution in [3.8, 4) is 17.6 Å². The maximum absolute atomic E-state index is 14.8. The Morgan fingerprint density at radius 1 is 1.15 bits per heavy atom. The smallest absolute Gasteiger partial charge is 0.415 e. The molecule has 1 heterocycles. The molecular formula is C32H38F4N4O5S. The molecule has 0 bridgehead atoms. The van der Waals surface area contributed by atoms with Crippen molar-refractivity contribution in [1.29, 1.82) is 0 Å². The number of halogens is 4. The van der Waals surface area contributed by atoms with E-state index in [1.54, 1.807) is 32.9 Å². The summed E-state index contributed by atoms with van der Waals surface area (Å²) < 4.78 is 92.2. The molecular weight excluding hydrogens is 628 g/mol. The van der Waals surface area contributed by atoms with Gasteiger partial charge in [0.2, 0.25) is 0 Å². The molecule has 3 unspecified atom stereocenters. The molecule has 3 aromatic rings. The normalized spacial score (nSPS) is 18.9. The number of sulfone groups is 1. The van der Waals surface area contributed by atoms with E-state index in [2.05, 4.69) is 17.2 Å². The summed E-state index contributed by atoms with van der Waals surface area (Å²) in [7, 11) is -2.30. The topological polar surface area (TPSA) is 116 Å². The average Bonchev–Trinajstić information content (AvgIpc) is 3.27. The van der Waals surface area contributed by atoms with Gasteiger partial charge in [-0.25, -0.2) is 17.6 Å². The summed E-state index contributed by atoms with van der Waals surface area (Å²) >= 11 is 0. The minimum Gasteiger partial charge on any atom is -0.495 e. The number of amides is 1. The molecule has 0 saturated heterocycles. The number of carbonyl (C=O) groups excluding carboxylic acids is 1. The third-order valence-corrected chi connectivity index (χ3v) is 8.48. The maximum Gasteiger partial charge on any atom is 0.415 e. The van der Waals surface area contributed by atoms with Gasteiger partial charge >= 0.3 is 12.3 Å². The summed E-state index contributed by atoms with van der Waals surface area (Å²) in [5.41, 5.74) is 5.86. The van der Waals surface area contributed by atoms with Gasteiger partial charge in [0, 0.05) is 29.4 Å². The largest absolute Gasteiger partial charge is 0.495 e. The number of carbonyl (C=O) groups is 1. The molecule has 0 radical (unpaired) electrons. The van der Waals surface area contributed by atoms with Crippen LogP contribution >= 0.6 is 0 Å². The number of aromatic nitrogens is 1. The first kappa shape index (κ1) is 34.9. The molecule has 1 aromatic heterocycles. The molecule has 1 aliphatic rings. The minimum atomic E-state index is -4.58. The number of fused-ring (bicyclic) bond motifs is 1. The Labute approximate surface area is 265 Å². The lowest BCUT2D eigenvalue weighted by Crippen LogP contribution is -2.41. The van der Waals surface area contributed by atoms with Crippen LogP contribution < -0.4 is 20.7 Å². The van der Waals surface area contributed by atoms with Gasteiger partial charge in [-0.2, -0.15) is 13.2 Å². The molecule has 2 aromatic carbocycles. The van der Waals surface area contributed by atoms with Crippen LogP contribution in [-0.2, 0) is 21.1 Å². The van der Waals surface area contributed by atoms with Crippen molar-refractivity contribution >= 4 is 38.2 Å². The zero-order valence-corrected chi connectivity index (χ0v) is 27.1. The van der Waals surface area contributed by atoms with Gasteiger partial charge in [0.05, 0.1) is 41.5 Å². The van der Waals surface area contributed by atoms with E-state index in [1.165, 1.54) is 37.4 Å². The number of methoxy groups -OCH3 is 1. The molecule has 1 amide bonds. The average molecular weight is 667 g/mol. The van der Waals surface area contributed by atoms with Crippen LogP contribution in [0.15, 0.2) is 47.4 Å². The molecule has 1 fully saturated rings. The van der Waals surface area contributed by atoms with E-state index in [0.717, 1.165) is 15.7 Å². The van der Waals surface area contributed by atoms with E-state index >= 15 is 0 Å². The van der Waals surface area contributed by atoms with Crippen LogP contribution in [0.2, 0.25) is 0 Å². The van der Waals surface area contributed by atoms with Crippen molar-refractivity contribution in [2.75, 3.05) is 30.1 Å². The van der Waals surface area contributed by atoms with Gasteiger partial charge in [-0.05, 0) is 76.3 Å². The zero-order valence-electron chi connectivity index (χ0n) is 26.2. The Bertz CT molecular complexity index is 1760. The first-order valence-corrected chi connectivity index (χ1v) is 16.5. The number of hydrogen-bond donors (Lipinski definition) is 2. The summed E-state index contributed by atoms with van der Waals surface area (Å²) in [5.74, 6) is 5.60. The quantitative estimate of drug-likeness (QED) is 0.234. The minimum absolute atomic E-state index is 0.0209. The zero-order chi connectivity index (χ0) is 34.0. The van der Waals surface area contributed by atoms with Crippen molar-refractivity contribution < 1.29 is 40.2 Å². The summed E-state index contributed by atoms with van der Waals surface area (Å²) in [5, 5.41) is 3.59. The van der Waals surface area contributed by atoms with Gasteiger partial charge < -0.3 is 25.1 Å². The second-order valence-corrected chi connectivity index (χ2v) is 14.3. The number of nitrogens with zero attached hydrogens (tertiary/aromatic N) is 2. The SMILES string of the molecule is COc1cc(S(C)(=O)=O)ccc1N(CC#Cc1cc2c(NC3CCC(N)CC3F)cccc2n1CC(F)(F)F)C(=O)OC(C)(C)C. The monoisotopic (exact) mass is 666 g/mol. The fourth-order valence-electron chi connectivity index (χ4n) is 5.26. The highest BCUT2D eigenvalue weighted by molar-refractivity contribution is 7.90. The molecule has 1 saturated carbocycles. The molecule has 0 aliphatic heterocycles. The van der Waals surface area contributed by atoms with Crippen molar-refractivity contribution in [2.24, 2.45) is 5.73 Å². The van der Waals surface area contributed by atoms with Crippen molar-refractivity contribution in [3.05, 3.63) is 48.2 Å². The number of rotatable bonds is 7. The predicted molar refractivity (Wildman–Crippen MR) is 169 cm³/mol.